The monoisotopic (exact) mass is 392 g/mol. The van der Waals surface area contributed by atoms with Gasteiger partial charge in [-0.15, -0.1) is 0 Å². The van der Waals surface area contributed by atoms with Gasteiger partial charge < -0.3 is 23.7 Å². The van der Waals surface area contributed by atoms with Crippen LogP contribution in [0.5, 0.6) is 23.0 Å². The van der Waals surface area contributed by atoms with Crippen LogP contribution in [0.25, 0.3) is 0 Å². The summed E-state index contributed by atoms with van der Waals surface area (Å²) in [4.78, 5) is 12.2. The standard InChI is InChI=1S/C20H21ClO6/c1-23-15-5-4-14(17(11-15)24-2)10-19(22)27-12-13-8-16(21)20-18(9-13)25-6-3-7-26-20/h4-5,8-9,11H,3,6-7,10,12H2,1-2H3. The molecule has 144 valence electrons. The van der Waals surface area contributed by atoms with E-state index < -0.39 is 0 Å². The maximum atomic E-state index is 12.2. The van der Waals surface area contributed by atoms with Gasteiger partial charge in [-0.3, -0.25) is 4.79 Å². The van der Waals surface area contributed by atoms with Gasteiger partial charge in [0.2, 0.25) is 0 Å². The van der Waals surface area contributed by atoms with Crippen molar-refractivity contribution < 1.29 is 28.5 Å². The number of rotatable bonds is 6. The second kappa shape index (κ2) is 8.86. The van der Waals surface area contributed by atoms with E-state index in [0.717, 1.165) is 17.5 Å². The van der Waals surface area contributed by atoms with Crippen LogP contribution >= 0.6 is 11.6 Å². The largest absolute Gasteiger partial charge is 0.497 e. The predicted octanol–water partition coefficient (Wildman–Crippen LogP) is 3.80. The quantitative estimate of drug-likeness (QED) is 0.697. The average Bonchev–Trinajstić information content (AvgIpc) is 2.92. The maximum absolute atomic E-state index is 12.2. The van der Waals surface area contributed by atoms with Crippen molar-refractivity contribution in [3.05, 3.63) is 46.5 Å². The molecule has 0 aromatic heterocycles. The van der Waals surface area contributed by atoms with E-state index in [0.29, 0.717) is 41.2 Å². The molecule has 1 aliphatic heterocycles. The Morgan fingerprint density at radius 3 is 2.70 bits per heavy atom. The molecule has 6 nitrogen and oxygen atoms in total. The predicted molar refractivity (Wildman–Crippen MR) is 100 cm³/mol. The summed E-state index contributed by atoms with van der Waals surface area (Å²) in [5.41, 5.74) is 1.46. The van der Waals surface area contributed by atoms with Gasteiger partial charge in [0.1, 0.15) is 18.1 Å². The highest BCUT2D eigenvalue weighted by molar-refractivity contribution is 6.32. The van der Waals surface area contributed by atoms with Crippen molar-refractivity contribution in [3.63, 3.8) is 0 Å². The van der Waals surface area contributed by atoms with Crippen LogP contribution in [-0.4, -0.2) is 33.4 Å². The Balaban J connectivity index is 1.64. The lowest BCUT2D eigenvalue weighted by atomic mass is 10.1. The SMILES string of the molecule is COc1ccc(CC(=O)OCc2cc(Cl)c3c(c2)OCCCO3)c(OC)c1. The van der Waals surface area contributed by atoms with Gasteiger partial charge in [-0.1, -0.05) is 17.7 Å². The van der Waals surface area contributed by atoms with E-state index in [2.05, 4.69) is 0 Å². The molecule has 0 spiro atoms. The number of hydrogen-bond donors (Lipinski definition) is 0. The van der Waals surface area contributed by atoms with Gasteiger partial charge in [0.25, 0.3) is 0 Å². The first kappa shape index (κ1) is 19.2. The summed E-state index contributed by atoms with van der Waals surface area (Å²) in [5, 5.41) is 0.442. The molecule has 2 aromatic rings. The van der Waals surface area contributed by atoms with Crippen LogP contribution in [0.1, 0.15) is 17.5 Å². The number of fused-ring (bicyclic) bond motifs is 1. The lowest BCUT2D eigenvalue weighted by molar-refractivity contribution is -0.144. The Morgan fingerprint density at radius 2 is 1.93 bits per heavy atom. The molecule has 3 rings (SSSR count). The minimum absolute atomic E-state index is 0.0887. The molecular weight excluding hydrogens is 372 g/mol. The number of carbonyl (C=O) groups is 1. The molecule has 27 heavy (non-hydrogen) atoms. The molecule has 0 aliphatic carbocycles. The number of carbonyl (C=O) groups excluding carboxylic acids is 1. The first-order chi connectivity index (χ1) is 13.1. The lowest BCUT2D eigenvalue weighted by Crippen LogP contribution is -2.09. The van der Waals surface area contributed by atoms with Crippen LogP contribution in [0.15, 0.2) is 30.3 Å². The highest BCUT2D eigenvalue weighted by Crippen LogP contribution is 2.38. The molecular formula is C20H21ClO6. The highest BCUT2D eigenvalue weighted by Gasteiger charge is 2.17. The van der Waals surface area contributed by atoms with Crippen LogP contribution in [0, 0.1) is 0 Å². The Bertz CT molecular complexity index is 820. The van der Waals surface area contributed by atoms with E-state index >= 15 is 0 Å². The van der Waals surface area contributed by atoms with Gasteiger partial charge in [0.05, 0.1) is 38.9 Å². The Labute approximate surface area is 162 Å². The van der Waals surface area contributed by atoms with Gasteiger partial charge in [0.15, 0.2) is 11.5 Å². The van der Waals surface area contributed by atoms with Crippen LogP contribution in [-0.2, 0) is 22.6 Å². The molecule has 0 atom stereocenters. The van der Waals surface area contributed by atoms with Crippen molar-refractivity contribution in [2.45, 2.75) is 19.4 Å². The van der Waals surface area contributed by atoms with Crippen LogP contribution in [0.2, 0.25) is 5.02 Å². The minimum atomic E-state index is -0.373. The van der Waals surface area contributed by atoms with E-state index in [9.17, 15) is 4.79 Å². The molecule has 0 bridgehead atoms. The number of methoxy groups -OCH3 is 2. The summed E-state index contributed by atoms with van der Waals surface area (Å²) in [6, 6.07) is 8.79. The van der Waals surface area contributed by atoms with Gasteiger partial charge >= 0.3 is 5.97 Å². The Kier molecular flexibility index (Phi) is 6.29. The third kappa shape index (κ3) is 4.77. The number of hydrogen-bond acceptors (Lipinski definition) is 6. The fraction of sp³-hybridized carbons (Fsp3) is 0.350. The molecule has 1 aliphatic rings. The number of benzene rings is 2. The van der Waals surface area contributed by atoms with Gasteiger partial charge in [0, 0.05) is 18.1 Å². The number of ether oxygens (including phenoxy) is 5. The summed E-state index contributed by atoms with van der Waals surface area (Å²) in [5.74, 6) is 1.97. The molecule has 7 heteroatoms. The molecule has 0 amide bonds. The second-order valence-electron chi connectivity index (χ2n) is 5.97. The van der Waals surface area contributed by atoms with Gasteiger partial charge in [-0.25, -0.2) is 0 Å². The van der Waals surface area contributed by atoms with Crippen molar-refractivity contribution in [1.82, 2.24) is 0 Å². The van der Waals surface area contributed by atoms with Crippen molar-refractivity contribution in [1.29, 1.82) is 0 Å². The summed E-state index contributed by atoms with van der Waals surface area (Å²) < 4.78 is 27.1. The Hall–Kier alpha value is -2.60. The first-order valence-corrected chi connectivity index (χ1v) is 8.93. The zero-order valence-corrected chi connectivity index (χ0v) is 16.0. The zero-order chi connectivity index (χ0) is 19.2. The first-order valence-electron chi connectivity index (χ1n) is 8.55. The molecule has 2 aromatic carbocycles. The van der Waals surface area contributed by atoms with Crippen molar-refractivity contribution in [3.8, 4) is 23.0 Å². The molecule has 0 fully saturated rings. The van der Waals surface area contributed by atoms with Crippen molar-refractivity contribution >= 4 is 17.6 Å². The third-order valence-corrected chi connectivity index (χ3v) is 4.37. The fourth-order valence-electron chi connectivity index (χ4n) is 2.74. The minimum Gasteiger partial charge on any atom is -0.497 e. The van der Waals surface area contributed by atoms with E-state index in [1.807, 2.05) is 0 Å². The fourth-order valence-corrected chi connectivity index (χ4v) is 3.02. The topological polar surface area (TPSA) is 63.2 Å². The molecule has 1 heterocycles. The maximum Gasteiger partial charge on any atom is 0.310 e. The molecule has 0 unspecified atom stereocenters. The number of esters is 1. The Morgan fingerprint density at radius 1 is 1.11 bits per heavy atom. The summed E-state index contributed by atoms with van der Waals surface area (Å²) >= 11 is 6.26. The second-order valence-corrected chi connectivity index (χ2v) is 6.38. The average molecular weight is 393 g/mol. The lowest BCUT2D eigenvalue weighted by Gasteiger charge is -2.13. The summed E-state index contributed by atoms with van der Waals surface area (Å²) in [6.45, 7) is 1.21. The van der Waals surface area contributed by atoms with E-state index in [1.165, 1.54) is 0 Å². The van der Waals surface area contributed by atoms with E-state index in [-0.39, 0.29) is 19.0 Å². The van der Waals surface area contributed by atoms with Crippen molar-refractivity contribution in [2.24, 2.45) is 0 Å². The normalized spacial score (nSPS) is 12.9. The van der Waals surface area contributed by atoms with Crippen LogP contribution in [0.3, 0.4) is 0 Å². The van der Waals surface area contributed by atoms with Gasteiger partial charge in [-0.2, -0.15) is 0 Å². The van der Waals surface area contributed by atoms with Crippen LogP contribution in [0.4, 0.5) is 0 Å². The molecule has 0 radical (unpaired) electrons. The number of halogens is 1. The highest BCUT2D eigenvalue weighted by atomic mass is 35.5. The van der Waals surface area contributed by atoms with E-state index in [1.54, 1.807) is 44.6 Å². The summed E-state index contributed by atoms with van der Waals surface area (Å²) in [6.07, 6.45) is 0.879. The van der Waals surface area contributed by atoms with E-state index in [4.69, 9.17) is 35.3 Å². The third-order valence-electron chi connectivity index (χ3n) is 4.09. The smallest absolute Gasteiger partial charge is 0.310 e. The molecule has 0 N–H and O–H groups in total. The van der Waals surface area contributed by atoms with Crippen LogP contribution < -0.4 is 18.9 Å². The zero-order valence-electron chi connectivity index (χ0n) is 15.2. The summed E-state index contributed by atoms with van der Waals surface area (Å²) in [7, 11) is 3.12. The molecule has 0 saturated heterocycles. The molecule has 0 saturated carbocycles. The van der Waals surface area contributed by atoms with Crippen molar-refractivity contribution in [2.75, 3.05) is 27.4 Å². The van der Waals surface area contributed by atoms with Gasteiger partial charge in [-0.05, 0) is 23.8 Å².